The maximum absolute atomic E-state index is 14.0. The van der Waals surface area contributed by atoms with E-state index in [0.29, 0.717) is 23.3 Å². The van der Waals surface area contributed by atoms with Crippen LogP contribution in [-0.2, 0) is 7.05 Å². The number of ether oxygens (including phenoxy) is 1. The van der Waals surface area contributed by atoms with Crippen LogP contribution in [0.15, 0.2) is 41.2 Å². The number of nitrogens with zero attached hydrogens (tertiary/aromatic N) is 5. The number of anilines is 2. The summed E-state index contributed by atoms with van der Waals surface area (Å²) in [7, 11) is 5.24. The fraction of sp³-hybridized carbons (Fsp3) is 0.444. The Hall–Kier alpha value is -3.60. The SMILES string of the molecule is COc1cc(N(C2CC2)[C@H]2CC[C@@H](N(C)c3cc(=O)n(C)c4ccc(C#N)nc34)CC2)ccc1F. The largest absolute Gasteiger partial charge is 0.494 e. The first-order valence-electron chi connectivity index (χ1n) is 12.2. The van der Waals surface area contributed by atoms with Gasteiger partial charge in [0.25, 0.3) is 5.56 Å². The number of nitriles is 1. The molecule has 1 aromatic carbocycles. The predicted molar refractivity (Wildman–Crippen MR) is 135 cm³/mol. The van der Waals surface area contributed by atoms with E-state index in [2.05, 4.69) is 20.9 Å². The third-order valence-electron chi connectivity index (χ3n) is 7.54. The highest BCUT2D eigenvalue weighted by molar-refractivity contribution is 5.88. The van der Waals surface area contributed by atoms with E-state index in [9.17, 15) is 14.4 Å². The van der Waals surface area contributed by atoms with Crippen molar-refractivity contribution in [2.45, 2.75) is 56.7 Å². The molecular weight excluding hydrogens is 445 g/mol. The molecule has 0 atom stereocenters. The molecule has 0 bridgehead atoms. The van der Waals surface area contributed by atoms with Crippen molar-refractivity contribution in [3.05, 3.63) is 58.3 Å². The minimum absolute atomic E-state index is 0.0929. The Kier molecular flexibility index (Phi) is 6.10. The molecule has 2 aliphatic rings. The summed E-state index contributed by atoms with van der Waals surface area (Å²) in [6, 6.07) is 13.5. The van der Waals surface area contributed by atoms with Crippen molar-refractivity contribution in [3.8, 4) is 11.8 Å². The van der Waals surface area contributed by atoms with Crippen LogP contribution in [0.25, 0.3) is 11.0 Å². The lowest BCUT2D eigenvalue weighted by molar-refractivity contribution is 0.364. The van der Waals surface area contributed by atoms with Crippen LogP contribution < -0.4 is 20.1 Å². The highest BCUT2D eigenvalue weighted by Gasteiger charge is 2.37. The number of methoxy groups -OCH3 is 1. The lowest BCUT2D eigenvalue weighted by Crippen LogP contribution is -2.44. The molecule has 8 heteroatoms. The number of halogens is 1. The second-order valence-corrected chi connectivity index (χ2v) is 9.63. The summed E-state index contributed by atoms with van der Waals surface area (Å²) in [6.45, 7) is 0. The standard InChI is InChI=1S/C27H30FN5O2/c1-31(24-15-26(34)32(2)23-13-4-17(16-29)30-27(23)24)18-5-7-19(8-6-18)33(20-9-10-20)21-11-12-22(28)25(14-21)35-3/h4,11-15,18-20H,5-10H2,1-3H3/t18-,19+. The van der Waals surface area contributed by atoms with E-state index in [1.165, 1.54) is 13.2 Å². The highest BCUT2D eigenvalue weighted by atomic mass is 19.1. The van der Waals surface area contributed by atoms with Crippen LogP contribution in [0.4, 0.5) is 15.8 Å². The van der Waals surface area contributed by atoms with Gasteiger partial charge in [0.05, 0.1) is 18.3 Å². The third-order valence-corrected chi connectivity index (χ3v) is 7.54. The Morgan fingerprint density at radius 2 is 1.71 bits per heavy atom. The Morgan fingerprint density at radius 3 is 2.34 bits per heavy atom. The Balaban J connectivity index is 1.38. The fourth-order valence-electron chi connectivity index (χ4n) is 5.44. The minimum Gasteiger partial charge on any atom is -0.494 e. The van der Waals surface area contributed by atoms with Gasteiger partial charge in [-0.25, -0.2) is 9.37 Å². The van der Waals surface area contributed by atoms with E-state index in [-0.39, 0.29) is 23.2 Å². The monoisotopic (exact) mass is 475 g/mol. The zero-order valence-electron chi connectivity index (χ0n) is 20.4. The molecule has 2 fully saturated rings. The second-order valence-electron chi connectivity index (χ2n) is 9.63. The number of hydrogen-bond acceptors (Lipinski definition) is 6. The summed E-state index contributed by atoms with van der Waals surface area (Å²) in [5.74, 6) is -0.0601. The molecule has 2 saturated carbocycles. The van der Waals surface area contributed by atoms with Crippen LogP contribution in [0.2, 0.25) is 0 Å². The summed E-state index contributed by atoms with van der Waals surface area (Å²) in [5.41, 5.74) is 3.43. The van der Waals surface area contributed by atoms with E-state index in [1.807, 2.05) is 19.2 Å². The fourth-order valence-corrected chi connectivity index (χ4v) is 5.44. The smallest absolute Gasteiger partial charge is 0.252 e. The minimum atomic E-state index is -0.341. The number of hydrogen-bond donors (Lipinski definition) is 0. The summed E-state index contributed by atoms with van der Waals surface area (Å²) < 4.78 is 20.8. The molecule has 3 aromatic rings. The zero-order valence-corrected chi connectivity index (χ0v) is 20.4. The van der Waals surface area contributed by atoms with E-state index >= 15 is 0 Å². The summed E-state index contributed by atoms with van der Waals surface area (Å²) in [6.07, 6.45) is 6.27. The molecule has 2 aromatic heterocycles. The first kappa shape index (κ1) is 23.2. The first-order chi connectivity index (χ1) is 16.9. The van der Waals surface area contributed by atoms with E-state index in [1.54, 1.807) is 29.8 Å². The average molecular weight is 476 g/mol. The zero-order chi connectivity index (χ0) is 24.7. The summed E-state index contributed by atoms with van der Waals surface area (Å²) >= 11 is 0. The van der Waals surface area contributed by atoms with Gasteiger partial charge in [0.2, 0.25) is 0 Å². The topological polar surface area (TPSA) is 74.4 Å². The molecule has 0 saturated heterocycles. The molecular formula is C27H30FN5O2. The molecule has 0 amide bonds. The van der Waals surface area contributed by atoms with Crippen molar-refractivity contribution in [1.82, 2.24) is 9.55 Å². The average Bonchev–Trinajstić information content (AvgIpc) is 3.72. The third kappa shape index (κ3) is 4.31. The summed E-state index contributed by atoms with van der Waals surface area (Å²) in [5, 5.41) is 9.34. The van der Waals surface area contributed by atoms with Gasteiger partial charge in [-0.1, -0.05) is 0 Å². The van der Waals surface area contributed by atoms with Gasteiger partial charge in [0.15, 0.2) is 11.6 Å². The van der Waals surface area contributed by atoms with Crippen LogP contribution in [0, 0.1) is 17.1 Å². The highest BCUT2D eigenvalue weighted by Crippen LogP contribution is 2.40. The number of benzene rings is 1. The van der Waals surface area contributed by atoms with Crippen LogP contribution in [0.1, 0.15) is 44.2 Å². The van der Waals surface area contributed by atoms with Gasteiger partial charge in [-0.15, -0.1) is 0 Å². The number of fused-ring (bicyclic) bond motifs is 1. The molecule has 182 valence electrons. The van der Waals surface area contributed by atoms with Gasteiger partial charge in [-0.3, -0.25) is 4.79 Å². The quantitative estimate of drug-likeness (QED) is 0.527. The van der Waals surface area contributed by atoms with Crippen LogP contribution in [0.3, 0.4) is 0 Å². The van der Waals surface area contributed by atoms with Crippen molar-refractivity contribution in [1.29, 1.82) is 5.26 Å². The van der Waals surface area contributed by atoms with Crippen LogP contribution >= 0.6 is 0 Å². The number of rotatable bonds is 6. The van der Waals surface area contributed by atoms with Gasteiger partial charge >= 0.3 is 0 Å². The van der Waals surface area contributed by atoms with Crippen molar-refractivity contribution < 1.29 is 9.13 Å². The lowest BCUT2D eigenvalue weighted by atomic mass is 9.88. The maximum atomic E-state index is 14.0. The van der Waals surface area contributed by atoms with Crippen molar-refractivity contribution in [2.75, 3.05) is 24.0 Å². The van der Waals surface area contributed by atoms with Crippen LogP contribution in [-0.4, -0.2) is 41.8 Å². The molecule has 0 aliphatic heterocycles. The number of aromatic nitrogens is 2. The Morgan fingerprint density at radius 1 is 1.06 bits per heavy atom. The number of pyridine rings is 2. The van der Waals surface area contributed by atoms with Gasteiger partial charge in [-0.05, 0) is 62.8 Å². The molecule has 0 radical (unpaired) electrons. The Labute approximate surface area is 204 Å². The van der Waals surface area contributed by atoms with Gasteiger partial charge in [0.1, 0.15) is 17.3 Å². The Bertz CT molecular complexity index is 1350. The molecule has 5 rings (SSSR count). The predicted octanol–water partition coefficient (Wildman–Crippen LogP) is 4.37. The molecule has 2 heterocycles. The molecule has 7 nitrogen and oxygen atoms in total. The van der Waals surface area contributed by atoms with Gasteiger partial charge < -0.3 is 19.1 Å². The first-order valence-corrected chi connectivity index (χ1v) is 12.2. The van der Waals surface area contributed by atoms with E-state index in [4.69, 9.17) is 4.74 Å². The van der Waals surface area contributed by atoms with Crippen LogP contribution in [0.5, 0.6) is 5.75 Å². The van der Waals surface area contributed by atoms with Gasteiger partial charge in [0, 0.05) is 50.0 Å². The van der Waals surface area contributed by atoms with Crippen molar-refractivity contribution >= 4 is 22.4 Å². The second kappa shape index (κ2) is 9.21. The normalized spacial score (nSPS) is 19.9. The van der Waals surface area contributed by atoms with Crippen molar-refractivity contribution in [3.63, 3.8) is 0 Å². The molecule has 35 heavy (non-hydrogen) atoms. The summed E-state index contributed by atoms with van der Waals surface area (Å²) in [4.78, 5) is 21.8. The molecule has 0 spiro atoms. The van der Waals surface area contributed by atoms with E-state index < -0.39 is 0 Å². The maximum Gasteiger partial charge on any atom is 0.252 e. The molecule has 0 unspecified atom stereocenters. The lowest BCUT2D eigenvalue weighted by Gasteiger charge is -2.41. The number of aryl methyl sites for hydroxylation is 1. The van der Waals surface area contributed by atoms with E-state index in [0.717, 1.165) is 55.4 Å². The van der Waals surface area contributed by atoms with Gasteiger partial charge in [-0.2, -0.15) is 5.26 Å². The molecule has 2 aliphatic carbocycles. The van der Waals surface area contributed by atoms with Crippen molar-refractivity contribution in [2.24, 2.45) is 7.05 Å². The molecule has 0 N–H and O–H groups in total.